The largest absolute Gasteiger partial charge is 0.485 e. The molecule has 2 atom stereocenters. The first kappa shape index (κ1) is 20.0. The molecule has 1 aliphatic rings. The average molecular weight is 406 g/mol. The smallest absolute Gasteiger partial charge is 0.321 e. The molecule has 1 aromatic carbocycles. The highest BCUT2D eigenvalue weighted by Crippen LogP contribution is 2.36. The number of hydrogen-bond donors (Lipinski definition) is 2. The number of carbonyl (C=O) groups excluding carboxylic acids is 2. The first-order valence-corrected chi connectivity index (χ1v) is 9.61. The number of ether oxygens (including phenoxy) is 2. The molecule has 0 spiro atoms. The second-order valence-electron chi connectivity index (χ2n) is 7.22. The van der Waals surface area contributed by atoms with Gasteiger partial charge in [-0.15, -0.1) is 10.2 Å². The van der Waals surface area contributed by atoms with Crippen LogP contribution in [0.3, 0.4) is 0 Å². The van der Waals surface area contributed by atoms with Gasteiger partial charge in [-0.1, -0.05) is 23.9 Å². The van der Waals surface area contributed by atoms with Crippen LogP contribution in [-0.2, 0) is 4.79 Å². The predicted octanol–water partition coefficient (Wildman–Crippen LogP) is 2.69. The number of aromatic nitrogens is 2. The van der Waals surface area contributed by atoms with Gasteiger partial charge in [-0.3, -0.25) is 10.1 Å². The molecule has 1 aromatic heterocycles. The summed E-state index contributed by atoms with van der Waals surface area (Å²) in [6.45, 7) is 7.36. The minimum atomic E-state index is -0.608. The van der Waals surface area contributed by atoms with Crippen molar-refractivity contribution in [2.45, 2.75) is 49.8 Å². The van der Waals surface area contributed by atoms with Crippen molar-refractivity contribution in [3.05, 3.63) is 30.2 Å². The summed E-state index contributed by atoms with van der Waals surface area (Å²) in [7, 11) is 0. The molecule has 2 heterocycles. The number of thioether (sulfide) groups is 1. The highest BCUT2D eigenvalue weighted by atomic mass is 32.2. The molecule has 3 amide bonds. The fourth-order valence-electron chi connectivity index (χ4n) is 2.33. The molecule has 0 bridgehead atoms. The van der Waals surface area contributed by atoms with Crippen molar-refractivity contribution in [3.63, 3.8) is 0 Å². The second-order valence-corrected chi connectivity index (χ2v) is 8.52. The maximum Gasteiger partial charge on any atom is 0.321 e. The summed E-state index contributed by atoms with van der Waals surface area (Å²) in [5.74, 6) is 1.06. The maximum atomic E-state index is 12.2. The third-order valence-electron chi connectivity index (χ3n) is 3.58. The van der Waals surface area contributed by atoms with E-state index in [2.05, 4.69) is 20.8 Å². The van der Waals surface area contributed by atoms with E-state index in [1.54, 1.807) is 13.0 Å². The zero-order valence-electron chi connectivity index (χ0n) is 16.0. The Bertz CT molecular complexity index is 864. The number of rotatable bonds is 4. The van der Waals surface area contributed by atoms with E-state index in [9.17, 15) is 9.59 Å². The molecule has 2 aromatic rings. The Morgan fingerprint density at radius 1 is 1.21 bits per heavy atom. The number of imide groups is 1. The van der Waals surface area contributed by atoms with Crippen molar-refractivity contribution in [3.8, 4) is 11.5 Å². The summed E-state index contributed by atoms with van der Waals surface area (Å²) in [5.41, 5.74) is -0.442. The van der Waals surface area contributed by atoms with Gasteiger partial charge in [0.2, 0.25) is 12.0 Å². The Balaban J connectivity index is 1.56. The zero-order valence-corrected chi connectivity index (χ0v) is 16.8. The SMILES string of the molecule is C[C@H](Sc1nnc([C@H]2COc3ccccc3O2)o1)C(=O)NC(=O)NC(C)(C)C. The lowest BCUT2D eigenvalue weighted by atomic mass is 10.1. The third kappa shape index (κ3) is 5.16. The van der Waals surface area contributed by atoms with Crippen LogP contribution in [0.15, 0.2) is 33.9 Å². The van der Waals surface area contributed by atoms with Crippen LogP contribution in [0.4, 0.5) is 4.79 Å². The van der Waals surface area contributed by atoms with Crippen LogP contribution in [-0.4, -0.2) is 39.5 Å². The number of para-hydroxylation sites is 2. The van der Waals surface area contributed by atoms with Crippen molar-refractivity contribution < 1.29 is 23.5 Å². The van der Waals surface area contributed by atoms with Gasteiger partial charge in [-0.2, -0.15) is 0 Å². The monoisotopic (exact) mass is 406 g/mol. The normalized spacial score (nSPS) is 16.9. The molecule has 0 unspecified atom stereocenters. The van der Waals surface area contributed by atoms with E-state index in [-0.39, 0.29) is 17.7 Å². The number of urea groups is 1. The quantitative estimate of drug-likeness (QED) is 0.745. The molecule has 3 rings (SSSR count). The zero-order chi connectivity index (χ0) is 20.3. The topological polar surface area (TPSA) is 116 Å². The van der Waals surface area contributed by atoms with Crippen molar-refractivity contribution in [1.82, 2.24) is 20.8 Å². The molecule has 1 aliphatic heterocycles. The van der Waals surface area contributed by atoms with Gasteiger partial charge in [-0.05, 0) is 39.8 Å². The van der Waals surface area contributed by atoms with E-state index in [1.807, 2.05) is 39.0 Å². The molecule has 0 aliphatic carbocycles. The van der Waals surface area contributed by atoms with E-state index in [0.29, 0.717) is 11.5 Å². The van der Waals surface area contributed by atoms with Crippen LogP contribution < -0.4 is 20.1 Å². The number of fused-ring (bicyclic) bond motifs is 1. The number of hydrogen-bond acceptors (Lipinski definition) is 8. The van der Waals surface area contributed by atoms with Gasteiger partial charge >= 0.3 is 6.03 Å². The number of carbonyl (C=O) groups is 2. The minimum absolute atomic E-state index is 0.205. The molecule has 0 radical (unpaired) electrons. The van der Waals surface area contributed by atoms with E-state index < -0.39 is 28.8 Å². The average Bonchev–Trinajstić information content (AvgIpc) is 3.08. The molecule has 2 N–H and O–H groups in total. The second kappa shape index (κ2) is 8.09. The van der Waals surface area contributed by atoms with Gasteiger partial charge in [0, 0.05) is 5.54 Å². The number of benzene rings is 1. The van der Waals surface area contributed by atoms with Gasteiger partial charge in [0.15, 0.2) is 11.5 Å². The summed E-state index contributed by atoms with van der Waals surface area (Å²) in [4.78, 5) is 24.0. The molecule has 0 fully saturated rings. The number of nitrogens with zero attached hydrogens (tertiary/aromatic N) is 2. The van der Waals surface area contributed by atoms with Crippen molar-refractivity contribution in [1.29, 1.82) is 0 Å². The minimum Gasteiger partial charge on any atom is -0.485 e. The van der Waals surface area contributed by atoms with Gasteiger partial charge < -0.3 is 19.2 Å². The van der Waals surface area contributed by atoms with Crippen molar-refractivity contribution in [2.75, 3.05) is 6.61 Å². The molecule has 0 saturated heterocycles. The van der Waals surface area contributed by atoms with E-state index in [0.717, 1.165) is 11.8 Å². The van der Waals surface area contributed by atoms with Crippen LogP contribution in [0.1, 0.15) is 39.7 Å². The molecular weight excluding hydrogens is 384 g/mol. The van der Waals surface area contributed by atoms with Gasteiger partial charge in [0.25, 0.3) is 11.1 Å². The lowest BCUT2D eigenvalue weighted by molar-refractivity contribution is -0.119. The number of nitrogens with one attached hydrogen (secondary N) is 2. The summed E-state index contributed by atoms with van der Waals surface area (Å²) < 4.78 is 17.1. The fraction of sp³-hybridized carbons (Fsp3) is 0.444. The van der Waals surface area contributed by atoms with Crippen LogP contribution in [0.2, 0.25) is 0 Å². The third-order valence-corrected chi connectivity index (χ3v) is 4.51. The molecule has 150 valence electrons. The van der Waals surface area contributed by atoms with Crippen molar-refractivity contribution >= 4 is 23.7 Å². The van der Waals surface area contributed by atoms with E-state index in [4.69, 9.17) is 13.9 Å². The Hall–Kier alpha value is -2.75. The van der Waals surface area contributed by atoms with Crippen LogP contribution in [0.25, 0.3) is 0 Å². The Morgan fingerprint density at radius 2 is 1.93 bits per heavy atom. The first-order chi connectivity index (χ1) is 13.2. The summed E-state index contributed by atoms with van der Waals surface area (Å²) in [6.07, 6.45) is -0.529. The van der Waals surface area contributed by atoms with Gasteiger partial charge in [0.05, 0.1) is 5.25 Å². The molecule has 10 heteroatoms. The lowest BCUT2D eigenvalue weighted by Crippen LogP contribution is -2.49. The fourth-order valence-corrected chi connectivity index (χ4v) is 3.02. The Kier molecular flexibility index (Phi) is 5.78. The van der Waals surface area contributed by atoms with E-state index >= 15 is 0 Å². The van der Waals surface area contributed by atoms with Crippen molar-refractivity contribution in [2.24, 2.45) is 0 Å². The molecular formula is C18H22N4O5S. The standard InChI is InChI=1S/C18H22N4O5S/c1-10(14(23)19-16(24)20-18(2,3)4)28-17-22-21-15(27-17)13-9-25-11-7-5-6-8-12(11)26-13/h5-8,10,13H,9H2,1-4H3,(H2,19,20,23,24)/t10-,13+/m0/s1. The highest BCUT2D eigenvalue weighted by molar-refractivity contribution is 8.00. The Morgan fingerprint density at radius 3 is 2.64 bits per heavy atom. The molecule has 9 nitrogen and oxygen atoms in total. The van der Waals surface area contributed by atoms with Crippen LogP contribution in [0.5, 0.6) is 11.5 Å². The van der Waals surface area contributed by atoms with E-state index in [1.165, 1.54) is 0 Å². The molecule has 0 saturated carbocycles. The summed E-state index contributed by atoms with van der Waals surface area (Å²) >= 11 is 1.05. The van der Waals surface area contributed by atoms with Crippen LogP contribution >= 0.6 is 11.8 Å². The first-order valence-electron chi connectivity index (χ1n) is 8.73. The number of amides is 3. The van der Waals surface area contributed by atoms with Crippen LogP contribution in [0, 0.1) is 0 Å². The van der Waals surface area contributed by atoms with Gasteiger partial charge in [0.1, 0.15) is 6.61 Å². The molecule has 28 heavy (non-hydrogen) atoms. The lowest BCUT2D eigenvalue weighted by Gasteiger charge is -2.23. The summed E-state index contributed by atoms with van der Waals surface area (Å²) in [6, 6.07) is 6.76. The maximum absolute atomic E-state index is 12.2. The predicted molar refractivity (Wildman–Crippen MR) is 101 cm³/mol. The highest BCUT2D eigenvalue weighted by Gasteiger charge is 2.28. The van der Waals surface area contributed by atoms with Gasteiger partial charge in [-0.25, -0.2) is 4.79 Å². The summed E-state index contributed by atoms with van der Waals surface area (Å²) in [5, 5.41) is 12.5. The Labute approximate surface area is 166 Å².